The molecule has 1 saturated carbocycles. The van der Waals surface area contributed by atoms with Crippen molar-refractivity contribution in [1.29, 1.82) is 0 Å². The second-order valence-electron chi connectivity index (χ2n) is 5.41. The van der Waals surface area contributed by atoms with Gasteiger partial charge in [-0.2, -0.15) is 0 Å². The molecule has 0 saturated heterocycles. The van der Waals surface area contributed by atoms with E-state index < -0.39 is 0 Å². The van der Waals surface area contributed by atoms with Crippen molar-refractivity contribution >= 4 is 0 Å². The highest BCUT2D eigenvalue weighted by Gasteiger charge is 2.18. The Morgan fingerprint density at radius 1 is 1.11 bits per heavy atom. The summed E-state index contributed by atoms with van der Waals surface area (Å²) in [5.74, 6) is 1.75. The molecule has 0 amide bonds. The molecule has 0 spiro atoms. The number of benzene rings is 1. The molecule has 2 N–H and O–H groups in total. The molecule has 0 radical (unpaired) electrons. The number of rotatable bonds is 6. The maximum atomic E-state index is 5.87. The molecule has 0 atom stereocenters. The Hall–Kier alpha value is -1.06. The van der Waals surface area contributed by atoms with E-state index in [-0.39, 0.29) is 0 Å². The van der Waals surface area contributed by atoms with Crippen LogP contribution in [0.1, 0.15) is 38.2 Å². The zero-order chi connectivity index (χ0) is 13.5. The van der Waals surface area contributed by atoms with E-state index in [9.17, 15) is 0 Å². The topological polar surface area (TPSA) is 44.5 Å². The van der Waals surface area contributed by atoms with Crippen molar-refractivity contribution in [3.8, 4) is 5.75 Å². The van der Waals surface area contributed by atoms with Crippen LogP contribution in [0.5, 0.6) is 5.75 Å². The van der Waals surface area contributed by atoms with E-state index in [4.69, 9.17) is 15.2 Å². The number of ether oxygens (including phenoxy) is 2. The minimum Gasteiger partial charge on any atom is -0.491 e. The Bertz CT molecular complexity index is 373. The molecule has 1 aliphatic rings. The fraction of sp³-hybridized carbons (Fsp3) is 0.625. The van der Waals surface area contributed by atoms with Gasteiger partial charge >= 0.3 is 0 Å². The van der Waals surface area contributed by atoms with Gasteiger partial charge in [0.25, 0.3) is 0 Å². The Morgan fingerprint density at radius 3 is 2.58 bits per heavy atom. The quantitative estimate of drug-likeness (QED) is 0.802. The van der Waals surface area contributed by atoms with Gasteiger partial charge in [-0.25, -0.2) is 0 Å². The van der Waals surface area contributed by atoms with E-state index in [2.05, 4.69) is 6.92 Å². The SMILES string of the molecule is CC1CCC(OCCOc2ccccc2CN)CC1. The molecule has 0 bridgehead atoms. The molecule has 3 nitrogen and oxygen atoms in total. The van der Waals surface area contributed by atoms with E-state index in [1.807, 2.05) is 24.3 Å². The molecule has 3 heteroatoms. The maximum Gasteiger partial charge on any atom is 0.123 e. The summed E-state index contributed by atoms with van der Waals surface area (Å²) < 4.78 is 11.6. The average Bonchev–Trinajstić information content (AvgIpc) is 2.46. The minimum absolute atomic E-state index is 0.435. The third-order valence-corrected chi connectivity index (χ3v) is 3.85. The van der Waals surface area contributed by atoms with Gasteiger partial charge in [-0.3, -0.25) is 0 Å². The van der Waals surface area contributed by atoms with Crippen molar-refractivity contribution in [1.82, 2.24) is 0 Å². The second-order valence-corrected chi connectivity index (χ2v) is 5.41. The van der Waals surface area contributed by atoms with Crippen LogP contribution < -0.4 is 10.5 Å². The minimum atomic E-state index is 0.435. The smallest absolute Gasteiger partial charge is 0.123 e. The van der Waals surface area contributed by atoms with Gasteiger partial charge in [-0.1, -0.05) is 25.1 Å². The first-order valence-electron chi connectivity index (χ1n) is 7.32. The van der Waals surface area contributed by atoms with E-state index in [0.29, 0.717) is 25.9 Å². The Morgan fingerprint density at radius 2 is 1.84 bits per heavy atom. The molecule has 0 heterocycles. The van der Waals surface area contributed by atoms with Crippen LogP contribution in [0.4, 0.5) is 0 Å². The van der Waals surface area contributed by atoms with Crippen molar-refractivity contribution in [2.45, 2.75) is 45.3 Å². The summed E-state index contributed by atoms with van der Waals surface area (Å²) in [6.45, 7) is 4.10. The molecule has 1 fully saturated rings. The van der Waals surface area contributed by atoms with Crippen molar-refractivity contribution < 1.29 is 9.47 Å². The summed E-state index contributed by atoms with van der Waals surface area (Å²) in [6, 6.07) is 7.91. The van der Waals surface area contributed by atoms with Gasteiger partial charge in [0.15, 0.2) is 0 Å². The molecule has 0 unspecified atom stereocenters. The maximum absolute atomic E-state index is 5.87. The van der Waals surface area contributed by atoms with Gasteiger partial charge < -0.3 is 15.2 Å². The van der Waals surface area contributed by atoms with Gasteiger partial charge in [-0.05, 0) is 37.7 Å². The summed E-state index contributed by atoms with van der Waals surface area (Å²) in [5.41, 5.74) is 6.72. The summed E-state index contributed by atoms with van der Waals surface area (Å²) in [7, 11) is 0. The number of para-hydroxylation sites is 1. The summed E-state index contributed by atoms with van der Waals surface area (Å²) >= 11 is 0. The van der Waals surface area contributed by atoms with Crippen LogP contribution in [-0.4, -0.2) is 19.3 Å². The number of hydrogen-bond donors (Lipinski definition) is 1. The van der Waals surface area contributed by atoms with Crippen LogP contribution in [0, 0.1) is 5.92 Å². The highest BCUT2D eigenvalue weighted by Crippen LogP contribution is 2.25. The van der Waals surface area contributed by atoms with Crippen LogP contribution >= 0.6 is 0 Å². The van der Waals surface area contributed by atoms with Crippen LogP contribution in [0.2, 0.25) is 0 Å². The monoisotopic (exact) mass is 263 g/mol. The molecule has 0 aromatic heterocycles. The molecule has 1 aromatic rings. The van der Waals surface area contributed by atoms with Crippen LogP contribution in [0.25, 0.3) is 0 Å². The molecule has 1 aliphatic carbocycles. The normalized spacial score (nSPS) is 23.3. The van der Waals surface area contributed by atoms with Crippen LogP contribution in [-0.2, 0) is 11.3 Å². The van der Waals surface area contributed by atoms with Crippen LogP contribution in [0.15, 0.2) is 24.3 Å². The van der Waals surface area contributed by atoms with Gasteiger partial charge in [0.2, 0.25) is 0 Å². The first-order chi connectivity index (χ1) is 9.29. The summed E-state index contributed by atoms with van der Waals surface area (Å²) in [4.78, 5) is 0. The lowest BCUT2D eigenvalue weighted by Gasteiger charge is -2.26. The van der Waals surface area contributed by atoms with Gasteiger partial charge in [-0.15, -0.1) is 0 Å². The van der Waals surface area contributed by atoms with E-state index in [1.54, 1.807) is 0 Å². The van der Waals surface area contributed by atoms with E-state index >= 15 is 0 Å². The van der Waals surface area contributed by atoms with Crippen molar-refractivity contribution in [3.05, 3.63) is 29.8 Å². The fourth-order valence-corrected chi connectivity index (χ4v) is 2.58. The Kier molecular flexibility index (Phi) is 5.67. The van der Waals surface area contributed by atoms with Crippen molar-refractivity contribution in [2.75, 3.05) is 13.2 Å². The van der Waals surface area contributed by atoms with E-state index in [1.165, 1.54) is 25.7 Å². The summed E-state index contributed by atoms with van der Waals surface area (Å²) in [5, 5.41) is 0. The largest absolute Gasteiger partial charge is 0.491 e. The number of hydrogen-bond acceptors (Lipinski definition) is 3. The third kappa shape index (κ3) is 4.51. The molecule has 106 valence electrons. The fourth-order valence-electron chi connectivity index (χ4n) is 2.58. The molecular formula is C16H25NO2. The predicted octanol–water partition coefficient (Wildman–Crippen LogP) is 3.12. The van der Waals surface area contributed by atoms with Gasteiger partial charge in [0, 0.05) is 12.1 Å². The predicted molar refractivity (Wildman–Crippen MR) is 77.2 cm³/mol. The molecule has 1 aromatic carbocycles. The first kappa shape index (κ1) is 14.4. The molecule has 2 rings (SSSR count). The lowest BCUT2D eigenvalue weighted by atomic mass is 9.89. The molecule has 19 heavy (non-hydrogen) atoms. The van der Waals surface area contributed by atoms with Crippen LogP contribution in [0.3, 0.4) is 0 Å². The Labute approximate surface area is 116 Å². The summed E-state index contributed by atoms with van der Waals surface area (Å²) in [6.07, 6.45) is 5.41. The van der Waals surface area contributed by atoms with Gasteiger partial charge in [0.05, 0.1) is 12.7 Å². The first-order valence-corrected chi connectivity index (χ1v) is 7.32. The highest BCUT2D eigenvalue weighted by atomic mass is 16.5. The Balaban J connectivity index is 1.66. The van der Waals surface area contributed by atoms with E-state index in [0.717, 1.165) is 17.2 Å². The average molecular weight is 263 g/mol. The van der Waals surface area contributed by atoms with Crippen molar-refractivity contribution in [2.24, 2.45) is 11.7 Å². The third-order valence-electron chi connectivity index (χ3n) is 3.85. The highest BCUT2D eigenvalue weighted by molar-refractivity contribution is 5.32. The molecular weight excluding hydrogens is 238 g/mol. The lowest BCUT2D eigenvalue weighted by Crippen LogP contribution is -2.22. The standard InChI is InChI=1S/C16H25NO2/c1-13-6-8-15(9-7-13)18-10-11-19-16-5-3-2-4-14(16)12-17/h2-5,13,15H,6-12,17H2,1H3. The second kappa shape index (κ2) is 7.51. The van der Waals surface area contributed by atoms with Crippen molar-refractivity contribution in [3.63, 3.8) is 0 Å². The lowest BCUT2D eigenvalue weighted by molar-refractivity contribution is 0.00560. The van der Waals surface area contributed by atoms with Gasteiger partial charge in [0.1, 0.15) is 12.4 Å². The zero-order valence-electron chi connectivity index (χ0n) is 11.8. The zero-order valence-corrected chi connectivity index (χ0v) is 11.8. The number of nitrogens with two attached hydrogens (primary N) is 1. The molecule has 0 aliphatic heterocycles.